The molecule has 6 nitrogen and oxygen atoms in total. The molecule has 1 aliphatic rings. The molecule has 29 heavy (non-hydrogen) atoms. The Kier molecular flexibility index (Phi) is 4.24. The fraction of sp³-hybridized carbons (Fsp3) is 0.182. The quantitative estimate of drug-likeness (QED) is 0.506. The van der Waals surface area contributed by atoms with E-state index in [1.165, 1.54) is 11.3 Å². The van der Waals surface area contributed by atoms with Gasteiger partial charge in [0.1, 0.15) is 19.0 Å². The number of thiazole rings is 1. The van der Waals surface area contributed by atoms with Crippen LogP contribution in [-0.2, 0) is 7.05 Å². The summed E-state index contributed by atoms with van der Waals surface area (Å²) in [7, 11) is 3.45. The van der Waals surface area contributed by atoms with Crippen LogP contribution in [0.25, 0.3) is 21.0 Å². The molecule has 4 aromatic rings. The average molecular weight is 406 g/mol. The number of nitrogens with zero attached hydrogens (tertiary/aromatic N) is 2. The number of ether oxygens (including phenoxy) is 3. The minimum atomic E-state index is -0.341. The molecule has 0 spiro atoms. The molecule has 0 saturated carbocycles. The lowest BCUT2D eigenvalue weighted by atomic mass is 10.1. The number of hydrogen-bond donors (Lipinski definition) is 0. The van der Waals surface area contributed by atoms with Gasteiger partial charge in [-0.1, -0.05) is 35.6 Å². The number of benzene rings is 3. The van der Waals surface area contributed by atoms with Crippen molar-refractivity contribution < 1.29 is 19.0 Å². The Labute approximate surface area is 170 Å². The molecular weight excluding hydrogens is 388 g/mol. The zero-order valence-electron chi connectivity index (χ0n) is 16.0. The highest BCUT2D eigenvalue weighted by atomic mass is 32.1. The fourth-order valence-corrected chi connectivity index (χ4v) is 4.50. The number of hydrogen-bond acceptors (Lipinski definition) is 5. The number of carbonyl (C=O) groups excluding carboxylic acids is 1. The van der Waals surface area contributed by atoms with Crippen molar-refractivity contribution in [1.82, 2.24) is 4.57 Å². The summed E-state index contributed by atoms with van der Waals surface area (Å²) >= 11 is 1.44. The molecule has 0 bridgehead atoms. The summed E-state index contributed by atoms with van der Waals surface area (Å²) in [4.78, 5) is 18.0. The van der Waals surface area contributed by atoms with Crippen molar-refractivity contribution in [2.24, 2.45) is 12.0 Å². The summed E-state index contributed by atoms with van der Waals surface area (Å²) in [6, 6.07) is 15.4. The minimum Gasteiger partial charge on any atom is -0.496 e. The SMILES string of the molecule is COc1cc2ccccc2cc1C(=O)N=c1sc2cc3c(cc2n1C)OCCO3. The summed E-state index contributed by atoms with van der Waals surface area (Å²) in [5.74, 6) is 1.61. The Hall–Kier alpha value is -3.32. The van der Waals surface area contributed by atoms with Gasteiger partial charge in [0.05, 0.1) is 22.9 Å². The Balaban J connectivity index is 1.63. The zero-order valence-corrected chi connectivity index (χ0v) is 16.8. The highest BCUT2D eigenvalue weighted by Gasteiger charge is 2.17. The van der Waals surface area contributed by atoms with Crippen LogP contribution in [0.15, 0.2) is 53.5 Å². The average Bonchev–Trinajstić information content (AvgIpc) is 3.05. The molecule has 1 aromatic heterocycles. The maximum absolute atomic E-state index is 13.0. The second-order valence-corrected chi connectivity index (χ2v) is 7.73. The lowest BCUT2D eigenvalue weighted by molar-refractivity contribution is 0.0995. The van der Waals surface area contributed by atoms with Crippen LogP contribution in [0.4, 0.5) is 0 Å². The van der Waals surface area contributed by atoms with Gasteiger partial charge in [-0.15, -0.1) is 0 Å². The number of amides is 1. The Bertz CT molecular complexity index is 1340. The van der Waals surface area contributed by atoms with Crippen molar-refractivity contribution >= 4 is 38.2 Å². The summed E-state index contributed by atoms with van der Waals surface area (Å²) < 4.78 is 19.7. The molecule has 1 amide bonds. The van der Waals surface area contributed by atoms with E-state index in [-0.39, 0.29) is 5.91 Å². The highest BCUT2D eigenvalue weighted by molar-refractivity contribution is 7.16. The molecule has 5 rings (SSSR count). The predicted molar refractivity (Wildman–Crippen MR) is 112 cm³/mol. The van der Waals surface area contributed by atoms with Crippen LogP contribution in [0.3, 0.4) is 0 Å². The van der Waals surface area contributed by atoms with E-state index >= 15 is 0 Å². The van der Waals surface area contributed by atoms with Crippen LogP contribution in [-0.4, -0.2) is 30.8 Å². The third-order valence-electron chi connectivity index (χ3n) is 4.97. The molecule has 0 atom stereocenters. The van der Waals surface area contributed by atoms with Gasteiger partial charge in [-0.3, -0.25) is 4.79 Å². The topological polar surface area (TPSA) is 62.0 Å². The monoisotopic (exact) mass is 406 g/mol. The first-order valence-electron chi connectivity index (χ1n) is 9.19. The first-order valence-corrected chi connectivity index (χ1v) is 10.0. The Morgan fingerprint density at radius 3 is 2.48 bits per heavy atom. The van der Waals surface area contributed by atoms with Gasteiger partial charge >= 0.3 is 0 Å². The number of aromatic nitrogens is 1. The van der Waals surface area contributed by atoms with E-state index < -0.39 is 0 Å². The second-order valence-electron chi connectivity index (χ2n) is 6.72. The summed E-state index contributed by atoms with van der Waals surface area (Å²) in [6.07, 6.45) is 0. The van der Waals surface area contributed by atoms with E-state index in [0.717, 1.165) is 26.7 Å². The lowest BCUT2D eigenvalue weighted by Crippen LogP contribution is -2.16. The summed E-state index contributed by atoms with van der Waals surface area (Å²) in [6.45, 7) is 1.07. The van der Waals surface area contributed by atoms with Crippen molar-refractivity contribution in [2.45, 2.75) is 0 Å². The number of rotatable bonds is 2. The predicted octanol–water partition coefficient (Wildman–Crippen LogP) is 3.91. The van der Waals surface area contributed by atoms with Crippen LogP contribution in [0.5, 0.6) is 17.2 Å². The first kappa shape index (κ1) is 17.8. The molecule has 146 valence electrons. The van der Waals surface area contributed by atoms with Gasteiger partial charge in [-0.25, -0.2) is 0 Å². The van der Waals surface area contributed by atoms with Gasteiger partial charge in [0.2, 0.25) is 0 Å². The van der Waals surface area contributed by atoms with Crippen molar-refractivity contribution in [3.05, 3.63) is 58.9 Å². The van der Waals surface area contributed by atoms with E-state index in [0.29, 0.717) is 35.1 Å². The normalized spacial score (nSPS) is 13.8. The van der Waals surface area contributed by atoms with E-state index in [4.69, 9.17) is 14.2 Å². The second kappa shape index (κ2) is 6.93. The lowest BCUT2D eigenvalue weighted by Gasteiger charge is -2.18. The van der Waals surface area contributed by atoms with E-state index in [1.807, 2.05) is 60.1 Å². The van der Waals surface area contributed by atoms with E-state index in [1.54, 1.807) is 7.11 Å². The molecular formula is C22H18N2O4S. The van der Waals surface area contributed by atoms with Gasteiger partial charge in [-0.05, 0) is 22.9 Å². The Morgan fingerprint density at radius 2 is 1.76 bits per heavy atom. The fourth-order valence-electron chi connectivity index (χ4n) is 3.47. The molecule has 0 aliphatic carbocycles. The highest BCUT2D eigenvalue weighted by Crippen LogP contribution is 2.35. The van der Waals surface area contributed by atoms with Gasteiger partial charge in [-0.2, -0.15) is 4.99 Å². The zero-order chi connectivity index (χ0) is 20.0. The van der Waals surface area contributed by atoms with Gasteiger partial charge in [0, 0.05) is 19.2 Å². The minimum absolute atomic E-state index is 0.341. The molecule has 0 saturated heterocycles. The molecule has 1 aliphatic heterocycles. The number of carbonyl (C=O) groups is 1. The maximum atomic E-state index is 13.0. The number of methoxy groups -OCH3 is 1. The molecule has 0 fully saturated rings. The van der Waals surface area contributed by atoms with Gasteiger partial charge in [0.15, 0.2) is 16.3 Å². The smallest absolute Gasteiger partial charge is 0.283 e. The third-order valence-corrected chi connectivity index (χ3v) is 6.06. The standard InChI is InChI=1S/C22H18N2O4S/c1-24-16-11-18-19(28-8-7-27-18)12-20(16)29-22(24)23-21(25)15-9-13-5-3-4-6-14(13)10-17(15)26-2/h3-6,9-12H,7-8H2,1-2H3. The molecule has 7 heteroatoms. The number of aryl methyl sites for hydroxylation is 1. The maximum Gasteiger partial charge on any atom is 0.283 e. The van der Waals surface area contributed by atoms with Gasteiger partial charge in [0.25, 0.3) is 5.91 Å². The summed E-state index contributed by atoms with van der Waals surface area (Å²) in [5, 5.41) is 1.98. The Morgan fingerprint density at radius 1 is 1.07 bits per heavy atom. The van der Waals surface area contributed by atoms with Crippen LogP contribution in [0.1, 0.15) is 10.4 Å². The molecule has 0 N–H and O–H groups in total. The largest absolute Gasteiger partial charge is 0.496 e. The van der Waals surface area contributed by atoms with Crippen LogP contribution in [0.2, 0.25) is 0 Å². The van der Waals surface area contributed by atoms with Crippen molar-refractivity contribution in [3.63, 3.8) is 0 Å². The third kappa shape index (κ3) is 3.03. The van der Waals surface area contributed by atoms with Gasteiger partial charge < -0.3 is 18.8 Å². The van der Waals surface area contributed by atoms with Crippen molar-refractivity contribution in [3.8, 4) is 17.2 Å². The molecule has 0 unspecified atom stereocenters. The van der Waals surface area contributed by atoms with E-state index in [2.05, 4.69) is 4.99 Å². The van der Waals surface area contributed by atoms with Crippen molar-refractivity contribution in [1.29, 1.82) is 0 Å². The van der Waals surface area contributed by atoms with Crippen LogP contribution >= 0.6 is 11.3 Å². The van der Waals surface area contributed by atoms with E-state index in [9.17, 15) is 4.79 Å². The van der Waals surface area contributed by atoms with Crippen LogP contribution in [0, 0.1) is 0 Å². The molecule has 3 aromatic carbocycles. The first-order chi connectivity index (χ1) is 14.1. The molecule has 0 radical (unpaired) electrons. The number of fused-ring (bicyclic) bond motifs is 3. The van der Waals surface area contributed by atoms with Crippen LogP contribution < -0.4 is 19.0 Å². The van der Waals surface area contributed by atoms with Crippen molar-refractivity contribution in [2.75, 3.05) is 20.3 Å². The summed E-state index contributed by atoms with van der Waals surface area (Å²) in [5.41, 5.74) is 1.38. The molecule has 2 heterocycles.